The quantitative estimate of drug-likeness (QED) is 0.390. The summed E-state index contributed by atoms with van der Waals surface area (Å²) >= 11 is 0. The molecule has 7 fully saturated rings. The Balaban J connectivity index is 0.926. The van der Waals surface area contributed by atoms with Crippen LogP contribution in [0.3, 0.4) is 0 Å². The zero-order valence-electron chi connectivity index (χ0n) is 22.9. The van der Waals surface area contributed by atoms with Gasteiger partial charge in [-0.25, -0.2) is 4.31 Å². The fraction of sp³-hybridized carbons (Fsp3) is 0.767. The highest BCUT2D eigenvalue weighted by Gasteiger charge is 2.67. The van der Waals surface area contributed by atoms with E-state index in [1.54, 1.807) is 6.26 Å². The lowest BCUT2D eigenvalue weighted by Gasteiger charge is -2.57. The molecule has 2 spiro atoms. The Morgan fingerprint density at radius 1 is 1.00 bits per heavy atom. The van der Waals surface area contributed by atoms with Crippen LogP contribution in [0.15, 0.2) is 24.3 Å². The Morgan fingerprint density at radius 3 is 2.34 bits per heavy atom. The molecule has 3 atom stereocenters. The molecule has 5 saturated carbocycles. The van der Waals surface area contributed by atoms with Gasteiger partial charge in [0.05, 0.1) is 0 Å². The minimum Gasteiger partial charge on any atom is -0.492 e. The minimum absolute atomic E-state index is 0.409. The van der Waals surface area contributed by atoms with Gasteiger partial charge in [-0.3, -0.25) is 9.11 Å². The molecule has 210 valence electrons. The molecule has 38 heavy (non-hydrogen) atoms. The van der Waals surface area contributed by atoms with E-state index in [1.807, 2.05) is 4.31 Å². The van der Waals surface area contributed by atoms with Crippen LogP contribution in [-0.4, -0.2) is 76.4 Å². The van der Waals surface area contributed by atoms with Crippen LogP contribution in [0.5, 0.6) is 5.75 Å². The molecule has 0 amide bonds. The molecule has 1 aromatic carbocycles. The van der Waals surface area contributed by atoms with Crippen molar-refractivity contribution in [3.63, 3.8) is 0 Å². The topological polar surface area (TPSA) is 60.5 Å². The van der Waals surface area contributed by atoms with Crippen LogP contribution in [-0.2, 0) is 24.2 Å². The second kappa shape index (κ2) is 9.74. The highest BCUT2D eigenvalue weighted by molar-refractivity contribution is 7.97. The predicted octanol–water partition coefficient (Wildman–Crippen LogP) is 4.43. The van der Waals surface area contributed by atoms with Crippen LogP contribution < -0.4 is 4.74 Å². The molecule has 7 aliphatic rings. The molecule has 8 heteroatoms. The van der Waals surface area contributed by atoms with Crippen LogP contribution in [0, 0.1) is 23.7 Å². The molecule has 2 saturated heterocycles. The maximum absolute atomic E-state index is 12.1. The van der Waals surface area contributed by atoms with Crippen molar-refractivity contribution >= 4 is 15.6 Å². The lowest BCUT2D eigenvalue weighted by atomic mass is 9.53. The molecular weight excluding hydrogens is 500 g/mol. The van der Waals surface area contributed by atoms with Gasteiger partial charge < -0.3 is 9.47 Å². The normalized spacial score (nSPS) is 42.6. The minimum atomic E-state index is -2.09. The van der Waals surface area contributed by atoms with E-state index in [0.29, 0.717) is 24.4 Å². The SMILES string of the molecule is C=S(C)(=O)N1CCN(CCOc2ccc([C@@H]3CCC[C@]4(C3)OOC3(O4)C4CC5CC(C4)CC3C5)cc2)CC1. The molecule has 0 radical (unpaired) electrons. The average Bonchev–Trinajstić information content (AvgIpc) is 3.26. The number of nitrogens with zero attached hydrogens (tertiary/aromatic N) is 2. The van der Waals surface area contributed by atoms with E-state index in [4.69, 9.17) is 19.2 Å². The van der Waals surface area contributed by atoms with E-state index in [9.17, 15) is 4.21 Å². The summed E-state index contributed by atoms with van der Waals surface area (Å²) in [7, 11) is -2.09. The lowest BCUT2D eigenvalue weighted by Crippen LogP contribution is -2.59. The van der Waals surface area contributed by atoms with Gasteiger partial charge >= 0.3 is 0 Å². The molecule has 0 aromatic heterocycles. The smallest absolute Gasteiger partial charge is 0.210 e. The van der Waals surface area contributed by atoms with Gasteiger partial charge in [0.1, 0.15) is 12.4 Å². The van der Waals surface area contributed by atoms with Crippen molar-refractivity contribution in [1.82, 2.24) is 9.21 Å². The van der Waals surface area contributed by atoms with Crippen LogP contribution in [0.25, 0.3) is 0 Å². The van der Waals surface area contributed by atoms with Crippen molar-refractivity contribution in [2.45, 2.75) is 75.3 Å². The predicted molar refractivity (Wildman–Crippen MR) is 148 cm³/mol. The first kappa shape index (κ1) is 25.8. The summed E-state index contributed by atoms with van der Waals surface area (Å²) in [6.45, 7) is 4.95. The molecule has 4 bridgehead atoms. The highest BCUT2D eigenvalue weighted by Crippen LogP contribution is 2.64. The standard InChI is InChI=1S/C30H44N2O5S/c1-38(2,33)32-12-10-31(11-13-32)14-15-34-28-7-5-24(6-8-28)25-4-3-9-29(21-25)35-30(37-36-29)26-17-22-16-23(19-26)20-27(30)18-22/h5-8,22-23,25-27H,1,3-4,9-21H2,2H3/t22?,23?,25-,26?,27?,29-,30?,38?/m1/s1. The second-order valence-electron chi connectivity index (χ2n) is 13.1. The third-order valence-electron chi connectivity index (χ3n) is 10.5. The first-order valence-corrected chi connectivity index (χ1v) is 17.0. The Kier molecular flexibility index (Phi) is 6.61. The van der Waals surface area contributed by atoms with Crippen molar-refractivity contribution in [3.05, 3.63) is 29.8 Å². The van der Waals surface area contributed by atoms with E-state index in [0.717, 1.165) is 76.0 Å². The van der Waals surface area contributed by atoms with Gasteiger partial charge in [0.25, 0.3) is 0 Å². The fourth-order valence-corrected chi connectivity index (χ4v) is 9.66. The molecule has 1 aromatic rings. The third-order valence-corrected chi connectivity index (χ3v) is 12.0. The van der Waals surface area contributed by atoms with Crippen molar-refractivity contribution in [2.75, 3.05) is 45.6 Å². The second-order valence-corrected chi connectivity index (χ2v) is 15.6. The Hall–Kier alpha value is -1.16. The van der Waals surface area contributed by atoms with Crippen LogP contribution >= 0.6 is 0 Å². The number of piperazine rings is 1. The first-order chi connectivity index (χ1) is 18.3. The molecule has 7 nitrogen and oxygen atoms in total. The zero-order valence-corrected chi connectivity index (χ0v) is 23.7. The number of benzene rings is 1. The summed E-state index contributed by atoms with van der Waals surface area (Å²) in [6.07, 6.45) is 12.2. The molecule has 2 aliphatic heterocycles. The van der Waals surface area contributed by atoms with Crippen LogP contribution in [0.1, 0.15) is 69.3 Å². The van der Waals surface area contributed by atoms with Gasteiger partial charge in [-0.2, -0.15) is 9.78 Å². The number of hydrogen-bond acceptors (Lipinski definition) is 6. The molecular formula is C30H44N2O5S. The Morgan fingerprint density at radius 2 is 1.68 bits per heavy atom. The van der Waals surface area contributed by atoms with E-state index in [1.165, 1.54) is 37.7 Å². The zero-order chi connectivity index (χ0) is 26.0. The van der Waals surface area contributed by atoms with Gasteiger partial charge in [-0.15, -0.1) is 0 Å². The number of ether oxygens (including phenoxy) is 2. The van der Waals surface area contributed by atoms with Crippen molar-refractivity contribution in [3.8, 4) is 5.75 Å². The largest absolute Gasteiger partial charge is 0.492 e. The summed E-state index contributed by atoms with van der Waals surface area (Å²) in [4.78, 5) is 14.8. The van der Waals surface area contributed by atoms with E-state index >= 15 is 0 Å². The van der Waals surface area contributed by atoms with Crippen LogP contribution in [0.2, 0.25) is 0 Å². The van der Waals surface area contributed by atoms with Gasteiger partial charge in [0.2, 0.25) is 11.6 Å². The summed E-state index contributed by atoms with van der Waals surface area (Å²) in [5.41, 5.74) is 1.34. The fourth-order valence-electron chi connectivity index (χ4n) is 8.73. The van der Waals surface area contributed by atoms with Crippen molar-refractivity contribution in [2.24, 2.45) is 23.7 Å². The summed E-state index contributed by atoms with van der Waals surface area (Å²) in [6, 6.07) is 8.65. The summed E-state index contributed by atoms with van der Waals surface area (Å²) in [5.74, 6) is 6.84. The molecule has 2 heterocycles. The highest BCUT2D eigenvalue weighted by atomic mass is 32.2. The van der Waals surface area contributed by atoms with Crippen LogP contribution in [0.4, 0.5) is 0 Å². The number of rotatable bonds is 6. The van der Waals surface area contributed by atoms with E-state index in [-0.39, 0.29) is 0 Å². The maximum atomic E-state index is 12.1. The van der Waals surface area contributed by atoms with Gasteiger partial charge in [0.15, 0.2) is 0 Å². The Labute approximate surface area is 228 Å². The van der Waals surface area contributed by atoms with E-state index in [2.05, 4.69) is 35.0 Å². The number of hydrogen-bond donors (Lipinski definition) is 0. The van der Waals surface area contributed by atoms with Gasteiger partial charge in [0, 0.05) is 73.4 Å². The van der Waals surface area contributed by atoms with Crippen molar-refractivity contribution < 1.29 is 23.5 Å². The van der Waals surface area contributed by atoms with Gasteiger partial charge in [-0.05, 0) is 86.3 Å². The average molecular weight is 545 g/mol. The molecule has 5 aliphatic carbocycles. The first-order valence-electron chi connectivity index (χ1n) is 14.9. The monoisotopic (exact) mass is 544 g/mol. The van der Waals surface area contributed by atoms with E-state index < -0.39 is 21.3 Å². The Bertz CT molecular complexity index is 1090. The molecule has 1 unspecified atom stereocenters. The molecule has 0 N–H and O–H groups in total. The maximum Gasteiger partial charge on any atom is 0.210 e. The summed E-state index contributed by atoms with van der Waals surface area (Å²) < 4.78 is 27.2. The van der Waals surface area contributed by atoms with Gasteiger partial charge in [-0.1, -0.05) is 12.1 Å². The van der Waals surface area contributed by atoms with Crippen molar-refractivity contribution in [1.29, 1.82) is 0 Å². The summed E-state index contributed by atoms with van der Waals surface area (Å²) in [5, 5.41) is 0. The molecule has 8 rings (SSSR count). The lowest BCUT2D eigenvalue weighted by molar-refractivity contribution is -0.390. The third kappa shape index (κ3) is 4.73.